The number of para-hydroxylation sites is 1. The standard InChI is InChI=1S/C25H28FN5O/c26-20-10-8-19(9-11-20)23(29-12-4-1-5-13-29)25(32)31-16-14-30(15-17-31)24-21-6-2-3-7-22(21)27-18-28-24/h2-3,6-11,18,23H,1,4-5,12-17H2. The Hall–Kier alpha value is -3.06. The Labute approximate surface area is 187 Å². The van der Waals surface area contributed by atoms with Gasteiger partial charge in [0.05, 0.1) is 5.52 Å². The van der Waals surface area contributed by atoms with Crippen molar-refractivity contribution in [1.29, 1.82) is 0 Å². The van der Waals surface area contributed by atoms with Crippen LogP contribution in [0.3, 0.4) is 0 Å². The van der Waals surface area contributed by atoms with E-state index in [1.165, 1.54) is 18.6 Å². The minimum Gasteiger partial charge on any atom is -0.352 e. The van der Waals surface area contributed by atoms with E-state index < -0.39 is 0 Å². The number of fused-ring (bicyclic) bond motifs is 1. The molecule has 1 unspecified atom stereocenters. The molecule has 0 radical (unpaired) electrons. The van der Waals surface area contributed by atoms with E-state index in [0.29, 0.717) is 13.1 Å². The molecule has 1 aromatic heterocycles. The first-order chi connectivity index (χ1) is 15.7. The minimum absolute atomic E-state index is 0.116. The third-order valence-corrected chi connectivity index (χ3v) is 6.59. The van der Waals surface area contributed by atoms with Gasteiger partial charge in [-0.05, 0) is 55.8 Å². The van der Waals surface area contributed by atoms with Crippen molar-refractivity contribution < 1.29 is 9.18 Å². The van der Waals surface area contributed by atoms with Gasteiger partial charge in [0.2, 0.25) is 5.91 Å². The van der Waals surface area contributed by atoms with Crippen molar-refractivity contribution in [2.24, 2.45) is 0 Å². The van der Waals surface area contributed by atoms with Crippen LogP contribution in [0.2, 0.25) is 0 Å². The number of amides is 1. The molecule has 1 atom stereocenters. The molecule has 0 aliphatic carbocycles. The van der Waals surface area contributed by atoms with Crippen molar-refractivity contribution in [2.45, 2.75) is 25.3 Å². The molecule has 0 saturated carbocycles. The zero-order chi connectivity index (χ0) is 21.9. The molecule has 2 aliphatic heterocycles. The van der Waals surface area contributed by atoms with Gasteiger partial charge in [0.15, 0.2) is 0 Å². The molecule has 7 heteroatoms. The van der Waals surface area contributed by atoms with Crippen molar-refractivity contribution >= 4 is 22.6 Å². The average molecular weight is 434 g/mol. The summed E-state index contributed by atoms with van der Waals surface area (Å²) in [5.74, 6) is 0.767. The fourth-order valence-electron chi connectivity index (χ4n) is 4.89. The summed E-state index contributed by atoms with van der Waals surface area (Å²) in [6.45, 7) is 4.54. The molecule has 1 amide bonds. The maximum Gasteiger partial charge on any atom is 0.244 e. The summed E-state index contributed by atoms with van der Waals surface area (Å²) in [4.78, 5) is 29.0. The van der Waals surface area contributed by atoms with Crippen LogP contribution in [-0.4, -0.2) is 64.9 Å². The summed E-state index contributed by atoms with van der Waals surface area (Å²) >= 11 is 0. The third-order valence-electron chi connectivity index (χ3n) is 6.59. The molecule has 166 valence electrons. The number of hydrogen-bond donors (Lipinski definition) is 0. The fourth-order valence-corrected chi connectivity index (χ4v) is 4.89. The van der Waals surface area contributed by atoms with Gasteiger partial charge in [0, 0.05) is 31.6 Å². The van der Waals surface area contributed by atoms with Crippen molar-refractivity contribution in [2.75, 3.05) is 44.2 Å². The predicted octanol–water partition coefficient (Wildman–Crippen LogP) is 3.64. The molecule has 5 rings (SSSR count). The van der Waals surface area contributed by atoms with Crippen molar-refractivity contribution in [3.8, 4) is 0 Å². The molecule has 2 aliphatic rings. The number of carbonyl (C=O) groups excluding carboxylic acids is 1. The summed E-state index contributed by atoms with van der Waals surface area (Å²) in [5, 5.41) is 1.03. The number of anilines is 1. The summed E-state index contributed by atoms with van der Waals surface area (Å²) in [5.41, 5.74) is 1.81. The number of benzene rings is 2. The van der Waals surface area contributed by atoms with Gasteiger partial charge in [-0.15, -0.1) is 0 Å². The van der Waals surface area contributed by atoms with E-state index in [-0.39, 0.29) is 17.8 Å². The molecule has 2 saturated heterocycles. The molecule has 0 N–H and O–H groups in total. The van der Waals surface area contributed by atoms with Crippen LogP contribution in [-0.2, 0) is 4.79 Å². The van der Waals surface area contributed by atoms with Gasteiger partial charge in [-0.1, -0.05) is 30.7 Å². The minimum atomic E-state index is -0.345. The smallest absolute Gasteiger partial charge is 0.244 e. The Morgan fingerprint density at radius 1 is 0.844 bits per heavy atom. The lowest BCUT2D eigenvalue weighted by Gasteiger charge is -2.40. The third kappa shape index (κ3) is 4.17. The molecule has 2 fully saturated rings. The van der Waals surface area contributed by atoms with Gasteiger partial charge < -0.3 is 9.80 Å². The second-order valence-corrected chi connectivity index (χ2v) is 8.58. The maximum atomic E-state index is 13.7. The van der Waals surface area contributed by atoms with Crippen LogP contribution in [0, 0.1) is 5.82 Å². The highest BCUT2D eigenvalue weighted by atomic mass is 19.1. The van der Waals surface area contributed by atoms with Gasteiger partial charge in [0.25, 0.3) is 0 Å². The van der Waals surface area contributed by atoms with Crippen molar-refractivity contribution in [1.82, 2.24) is 19.8 Å². The van der Waals surface area contributed by atoms with E-state index in [1.807, 2.05) is 29.2 Å². The maximum absolute atomic E-state index is 13.7. The Kier molecular flexibility index (Phi) is 5.99. The van der Waals surface area contributed by atoms with E-state index in [9.17, 15) is 9.18 Å². The number of nitrogens with zero attached hydrogens (tertiary/aromatic N) is 5. The van der Waals surface area contributed by atoms with Crippen LogP contribution >= 0.6 is 0 Å². The molecule has 2 aromatic carbocycles. The highest BCUT2D eigenvalue weighted by Crippen LogP contribution is 2.29. The first-order valence-corrected chi connectivity index (χ1v) is 11.4. The van der Waals surface area contributed by atoms with Crippen LogP contribution in [0.5, 0.6) is 0 Å². The molecule has 0 spiro atoms. The average Bonchev–Trinajstić information content (AvgIpc) is 2.86. The monoisotopic (exact) mass is 433 g/mol. The van der Waals surface area contributed by atoms with Crippen LogP contribution in [0.15, 0.2) is 54.9 Å². The number of rotatable bonds is 4. The van der Waals surface area contributed by atoms with Crippen LogP contribution in [0.4, 0.5) is 10.2 Å². The molecule has 0 bridgehead atoms. The van der Waals surface area contributed by atoms with Gasteiger partial charge >= 0.3 is 0 Å². The lowest BCUT2D eigenvalue weighted by atomic mass is 10.00. The van der Waals surface area contributed by atoms with Gasteiger partial charge in [-0.3, -0.25) is 9.69 Å². The largest absolute Gasteiger partial charge is 0.352 e. The van der Waals surface area contributed by atoms with Crippen LogP contribution in [0.25, 0.3) is 10.9 Å². The normalized spacial score (nSPS) is 18.7. The number of halogens is 1. The summed E-state index contributed by atoms with van der Waals surface area (Å²) in [6, 6.07) is 14.1. The van der Waals surface area contributed by atoms with Crippen molar-refractivity contribution in [3.63, 3.8) is 0 Å². The number of piperazine rings is 1. The van der Waals surface area contributed by atoms with Crippen LogP contribution < -0.4 is 4.90 Å². The predicted molar refractivity (Wildman–Crippen MR) is 123 cm³/mol. The van der Waals surface area contributed by atoms with Gasteiger partial charge in [-0.25, -0.2) is 14.4 Å². The second kappa shape index (κ2) is 9.20. The highest BCUT2D eigenvalue weighted by Gasteiger charge is 2.34. The Morgan fingerprint density at radius 3 is 2.31 bits per heavy atom. The zero-order valence-electron chi connectivity index (χ0n) is 18.2. The molecule has 3 heterocycles. The van der Waals surface area contributed by atoms with Crippen molar-refractivity contribution in [3.05, 3.63) is 66.2 Å². The lowest BCUT2D eigenvalue weighted by molar-refractivity contribution is -0.138. The van der Waals surface area contributed by atoms with E-state index >= 15 is 0 Å². The number of aromatic nitrogens is 2. The number of hydrogen-bond acceptors (Lipinski definition) is 5. The summed E-state index contributed by atoms with van der Waals surface area (Å²) < 4.78 is 13.5. The van der Waals surface area contributed by atoms with E-state index in [1.54, 1.807) is 18.5 Å². The zero-order valence-corrected chi connectivity index (χ0v) is 18.2. The Bertz CT molecular complexity index is 1070. The van der Waals surface area contributed by atoms with Gasteiger partial charge in [-0.2, -0.15) is 0 Å². The molecular formula is C25H28FN5O. The first kappa shape index (κ1) is 20.8. The molecule has 6 nitrogen and oxygen atoms in total. The van der Waals surface area contributed by atoms with E-state index in [2.05, 4.69) is 19.8 Å². The number of carbonyl (C=O) groups is 1. The van der Waals surface area contributed by atoms with Gasteiger partial charge in [0.1, 0.15) is 24.0 Å². The molecule has 32 heavy (non-hydrogen) atoms. The molecule has 3 aromatic rings. The first-order valence-electron chi connectivity index (χ1n) is 11.4. The molecular weight excluding hydrogens is 405 g/mol. The number of piperidine rings is 1. The van der Waals surface area contributed by atoms with E-state index in [4.69, 9.17) is 0 Å². The van der Waals surface area contributed by atoms with Crippen LogP contribution in [0.1, 0.15) is 30.9 Å². The SMILES string of the molecule is O=C(C(c1ccc(F)cc1)N1CCCCC1)N1CCN(c2ncnc3ccccc23)CC1. The Morgan fingerprint density at radius 2 is 1.56 bits per heavy atom. The summed E-state index contributed by atoms with van der Waals surface area (Å²) in [7, 11) is 0. The second-order valence-electron chi connectivity index (χ2n) is 8.58. The number of likely N-dealkylation sites (tertiary alicyclic amines) is 1. The lowest BCUT2D eigenvalue weighted by Crippen LogP contribution is -2.53. The van der Waals surface area contributed by atoms with E-state index in [0.717, 1.165) is 61.3 Å². The Balaban J connectivity index is 1.34. The summed E-state index contributed by atoms with van der Waals surface area (Å²) in [6.07, 6.45) is 5.00. The quantitative estimate of drug-likeness (QED) is 0.629. The highest BCUT2D eigenvalue weighted by molar-refractivity contribution is 5.89. The fraction of sp³-hybridized carbons (Fsp3) is 0.400. The topological polar surface area (TPSA) is 52.6 Å².